The average molecular weight is 251 g/mol. The summed E-state index contributed by atoms with van der Waals surface area (Å²) in [6.45, 7) is 0. The van der Waals surface area contributed by atoms with E-state index in [2.05, 4.69) is 4.98 Å². The van der Waals surface area contributed by atoms with E-state index in [4.69, 9.17) is 17.3 Å². The molecule has 2 N–H and O–H groups in total. The molecular weight excluding hydrogens is 239 g/mol. The molecule has 0 spiro atoms. The quantitative estimate of drug-likeness (QED) is 0.909. The Bertz CT molecular complexity index is 482. The fourth-order valence-corrected chi connectivity index (χ4v) is 2.01. The third-order valence-electron chi connectivity index (χ3n) is 2.53. The lowest BCUT2D eigenvalue weighted by molar-refractivity contribution is 0.578. The minimum atomic E-state index is -0.487. The molecule has 0 aliphatic carbocycles. The van der Waals surface area contributed by atoms with Crippen molar-refractivity contribution in [3.63, 3.8) is 0 Å². The van der Waals surface area contributed by atoms with Gasteiger partial charge in [0.2, 0.25) is 0 Å². The van der Waals surface area contributed by atoms with Crippen molar-refractivity contribution in [2.75, 3.05) is 0 Å². The van der Waals surface area contributed by atoms with Gasteiger partial charge in [-0.25, -0.2) is 4.39 Å². The zero-order valence-corrected chi connectivity index (χ0v) is 9.86. The number of hydrogen-bond acceptors (Lipinski definition) is 2. The number of nitrogens with two attached hydrogens (primary N) is 1. The van der Waals surface area contributed by atoms with Gasteiger partial charge in [0, 0.05) is 34.9 Å². The van der Waals surface area contributed by atoms with Gasteiger partial charge < -0.3 is 5.73 Å². The van der Waals surface area contributed by atoms with Crippen LogP contribution in [0.25, 0.3) is 0 Å². The van der Waals surface area contributed by atoms with Gasteiger partial charge in [-0.2, -0.15) is 0 Å². The van der Waals surface area contributed by atoms with Gasteiger partial charge in [-0.05, 0) is 24.3 Å². The number of pyridine rings is 1. The van der Waals surface area contributed by atoms with E-state index in [9.17, 15) is 4.39 Å². The highest BCUT2D eigenvalue weighted by molar-refractivity contribution is 6.31. The lowest BCUT2D eigenvalue weighted by atomic mass is 10.0. The van der Waals surface area contributed by atoms with Gasteiger partial charge >= 0.3 is 0 Å². The Morgan fingerprint density at radius 2 is 2.06 bits per heavy atom. The van der Waals surface area contributed by atoms with Gasteiger partial charge in [-0.15, -0.1) is 0 Å². The van der Waals surface area contributed by atoms with Crippen LogP contribution in [0.3, 0.4) is 0 Å². The minimum absolute atomic E-state index is 0.347. The predicted octanol–water partition coefficient (Wildman–Crippen LogP) is 3.12. The first kappa shape index (κ1) is 12.0. The topological polar surface area (TPSA) is 38.9 Å². The zero-order valence-electron chi connectivity index (χ0n) is 9.11. The van der Waals surface area contributed by atoms with Crippen molar-refractivity contribution in [1.29, 1.82) is 0 Å². The van der Waals surface area contributed by atoms with E-state index in [0.717, 1.165) is 5.69 Å². The van der Waals surface area contributed by atoms with E-state index in [-0.39, 0.29) is 5.82 Å². The maximum atomic E-state index is 13.6. The smallest absolute Gasteiger partial charge is 0.129 e. The Labute approximate surface area is 104 Å². The molecule has 0 aliphatic heterocycles. The SMILES string of the molecule is NC(Cc1ccccn1)c1c(F)cccc1Cl. The first-order valence-electron chi connectivity index (χ1n) is 5.28. The van der Waals surface area contributed by atoms with E-state index in [1.165, 1.54) is 6.07 Å². The summed E-state index contributed by atoms with van der Waals surface area (Å²) in [5.41, 5.74) is 7.13. The molecule has 88 valence electrons. The van der Waals surface area contributed by atoms with Crippen LogP contribution in [0, 0.1) is 5.82 Å². The summed E-state index contributed by atoms with van der Waals surface area (Å²) in [6.07, 6.45) is 2.15. The van der Waals surface area contributed by atoms with E-state index in [1.807, 2.05) is 18.2 Å². The second kappa shape index (κ2) is 5.25. The predicted molar refractivity (Wildman–Crippen MR) is 66.3 cm³/mol. The molecule has 1 heterocycles. The van der Waals surface area contributed by atoms with Crippen LogP contribution in [0.15, 0.2) is 42.6 Å². The van der Waals surface area contributed by atoms with E-state index in [0.29, 0.717) is 17.0 Å². The molecule has 0 radical (unpaired) electrons. The van der Waals surface area contributed by atoms with Crippen molar-refractivity contribution in [2.45, 2.75) is 12.5 Å². The molecule has 1 atom stereocenters. The summed E-state index contributed by atoms with van der Waals surface area (Å²) in [6, 6.07) is 9.63. The van der Waals surface area contributed by atoms with Crippen molar-refractivity contribution < 1.29 is 4.39 Å². The molecule has 2 aromatic rings. The van der Waals surface area contributed by atoms with E-state index >= 15 is 0 Å². The Morgan fingerprint density at radius 1 is 1.24 bits per heavy atom. The fourth-order valence-electron chi connectivity index (χ4n) is 1.71. The lowest BCUT2D eigenvalue weighted by Gasteiger charge is -2.14. The first-order valence-corrected chi connectivity index (χ1v) is 5.65. The van der Waals surface area contributed by atoms with Crippen molar-refractivity contribution in [3.8, 4) is 0 Å². The summed E-state index contributed by atoms with van der Waals surface area (Å²) in [5, 5.41) is 0.355. The molecule has 2 rings (SSSR count). The van der Waals surface area contributed by atoms with Crippen LogP contribution >= 0.6 is 11.6 Å². The van der Waals surface area contributed by atoms with Gasteiger partial charge in [0.15, 0.2) is 0 Å². The van der Waals surface area contributed by atoms with Crippen LogP contribution in [-0.2, 0) is 6.42 Å². The van der Waals surface area contributed by atoms with Crippen molar-refractivity contribution in [1.82, 2.24) is 4.98 Å². The van der Waals surface area contributed by atoms with Gasteiger partial charge in [-0.3, -0.25) is 4.98 Å². The van der Waals surface area contributed by atoms with Crippen molar-refractivity contribution in [3.05, 3.63) is 64.7 Å². The number of nitrogens with zero attached hydrogens (tertiary/aromatic N) is 1. The lowest BCUT2D eigenvalue weighted by Crippen LogP contribution is -2.16. The standard InChI is InChI=1S/C13H12ClFN2/c14-10-5-3-6-11(15)13(10)12(16)8-9-4-1-2-7-17-9/h1-7,12H,8,16H2. The summed E-state index contributed by atoms with van der Waals surface area (Å²) >= 11 is 5.95. The summed E-state index contributed by atoms with van der Waals surface area (Å²) < 4.78 is 13.6. The number of aromatic nitrogens is 1. The Kier molecular flexibility index (Phi) is 3.71. The minimum Gasteiger partial charge on any atom is -0.323 e. The van der Waals surface area contributed by atoms with E-state index in [1.54, 1.807) is 18.3 Å². The molecule has 1 unspecified atom stereocenters. The number of hydrogen-bond donors (Lipinski definition) is 1. The summed E-state index contributed by atoms with van der Waals surface area (Å²) in [4.78, 5) is 4.16. The zero-order chi connectivity index (χ0) is 12.3. The number of halogens is 2. The Hall–Kier alpha value is -1.45. The van der Waals surface area contributed by atoms with Crippen LogP contribution in [-0.4, -0.2) is 4.98 Å². The molecule has 0 bridgehead atoms. The van der Waals surface area contributed by atoms with Gasteiger partial charge in [0.1, 0.15) is 5.82 Å². The van der Waals surface area contributed by atoms with Crippen LogP contribution in [0.5, 0.6) is 0 Å². The highest BCUT2D eigenvalue weighted by atomic mass is 35.5. The Morgan fingerprint density at radius 3 is 2.71 bits per heavy atom. The molecule has 1 aromatic carbocycles. The molecule has 17 heavy (non-hydrogen) atoms. The maximum Gasteiger partial charge on any atom is 0.129 e. The molecule has 1 aromatic heterocycles. The van der Waals surface area contributed by atoms with Crippen molar-refractivity contribution in [2.24, 2.45) is 5.73 Å². The highest BCUT2D eigenvalue weighted by Crippen LogP contribution is 2.26. The molecule has 0 fully saturated rings. The van der Waals surface area contributed by atoms with Crippen LogP contribution in [0.1, 0.15) is 17.3 Å². The highest BCUT2D eigenvalue weighted by Gasteiger charge is 2.15. The molecule has 0 aliphatic rings. The third-order valence-corrected chi connectivity index (χ3v) is 2.86. The van der Waals surface area contributed by atoms with Crippen LogP contribution < -0.4 is 5.73 Å². The first-order chi connectivity index (χ1) is 8.18. The monoisotopic (exact) mass is 250 g/mol. The van der Waals surface area contributed by atoms with Gasteiger partial charge in [0.25, 0.3) is 0 Å². The number of rotatable bonds is 3. The average Bonchev–Trinajstić information content (AvgIpc) is 2.30. The Balaban J connectivity index is 2.23. The molecule has 0 amide bonds. The van der Waals surface area contributed by atoms with Gasteiger partial charge in [0.05, 0.1) is 0 Å². The molecule has 0 saturated heterocycles. The molecule has 0 saturated carbocycles. The molecule has 2 nitrogen and oxygen atoms in total. The summed E-state index contributed by atoms with van der Waals surface area (Å²) in [5.74, 6) is -0.374. The largest absolute Gasteiger partial charge is 0.323 e. The maximum absolute atomic E-state index is 13.6. The number of benzene rings is 1. The summed E-state index contributed by atoms with van der Waals surface area (Å²) in [7, 11) is 0. The second-order valence-electron chi connectivity index (χ2n) is 3.77. The molecule has 4 heteroatoms. The van der Waals surface area contributed by atoms with Gasteiger partial charge in [-0.1, -0.05) is 23.7 Å². The molecular formula is C13H12ClFN2. The third kappa shape index (κ3) is 2.81. The fraction of sp³-hybridized carbons (Fsp3) is 0.154. The van der Waals surface area contributed by atoms with Crippen LogP contribution in [0.4, 0.5) is 4.39 Å². The van der Waals surface area contributed by atoms with E-state index < -0.39 is 6.04 Å². The normalized spacial score (nSPS) is 12.4. The second-order valence-corrected chi connectivity index (χ2v) is 4.17. The van der Waals surface area contributed by atoms with Crippen LogP contribution in [0.2, 0.25) is 5.02 Å². The van der Waals surface area contributed by atoms with Crippen molar-refractivity contribution >= 4 is 11.6 Å².